The van der Waals surface area contributed by atoms with Crippen LogP contribution in [0.3, 0.4) is 0 Å². The van der Waals surface area contributed by atoms with E-state index in [2.05, 4.69) is 5.32 Å². The third-order valence-corrected chi connectivity index (χ3v) is 14.6. The molecule has 0 saturated carbocycles. The molecule has 1 atom stereocenters. The van der Waals surface area contributed by atoms with Crippen LogP contribution in [0.2, 0.25) is 0 Å². The SMILES string of the molecule is CC1(C)C(/C=C/C=C/C=C2/N(CCCS(=O)(=O)[O-])c3ccc(S(=O)(=O)[O-])cc3C2(C)CCCCC(=O)NCCN2C(=O)C=CC2=O)=[N+](CCCS(=O)(=O)[O-])c2ccc(S(=O)(=O)[O-])cc21.[K+].[K+].[K+]. The molecule has 0 aromatic heterocycles. The molecular formula is C41H47K3N4O15S4. The number of amides is 3. The summed E-state index contributed by atoms with van der Waals surface area (Å²) in [6, 6.07) is 7.67. The van der Waals surface area contributed by atoms with Crippen molar-refractivity contribution < 1.29 is 225 Å². The predicted octanol–water partition coefficient (Wildman–Crippen LogP) is -6.87. The van der Waals surface area contributed by atoms with Gasteiger partial charge in [-0.15, -0.1) is 0 Å². The fraction of sp³-hybridized carbons (Fsp3) is 0.415. The molecule has 3 aliphatic heterocycles. The van der Waals surface area contributed by atoms with E-state index in [9.17, 15) is 66.3 Å². The van der Waals surface area contributed by atoms with Crippen molar-refractivity contribution in [2.75, 3.05) is 42.6 Å². The van der Waals surface area contributed by atoms with Gasteiger partial charge in [-0.05, 0) is 82.0 Å². The van der Waals surface area contributed by atoms with Crippen molar-refractivity contribution in [2.45, 2.75) is 79.9 Å². The Morgan fingerprint density at radius 3 is 1.85 bits per heavy atom. The summed E-state index contributed by atoms with van der Waals surface area (Å²) in [5.74, 6) is -2.66. The van der Waals surface area contributed by atoms with Crippen LogP contribution in [0.25, 0.3) is 0 Å². The molecule has 26 heteroatoms. The van der Waals surface area contributed by atoms with E-state index < -0.39 is 84.4 Å². The Balaban J connectivity index is 0.00000514. The standard InChI is InChI=1S/C41H50N4O15S4.3K/c1-40(2)31-27-29(63(55,56)57)14-16-33(31)43(22-9-25-61(49,50)51)35(40)11-5-4-6-12-36-41(3,20-8-7-13-37(46)42-21-24-45-38(47)18-19-39(45)48)32-28-30(64(58,59)60)15-17-34(32)44(36)23-10-26-62(52,53)54;;;/h4-6,11-12,14-19,27-28H,7-10,13,20-26H2,1-3H3,(H4-,42,46,49,50,51,52,53,54,55,56,57,58,59,60);;;/q;3*+1/p-3. The first-order valence-electron chi connectivity index (χ1n) is 20.0. The van der Waals surface area contributed by atoms with Crippen molar-refractivity contribution in [3.63, 3.8) is 0 Å². The third-order valence-electron chi connectivity index (χ3n) is 11.3. The number of carbonyl (C=O) groups excluding carboxylic acids is 3. The van der Waals surface area contributed by atoms with E-state index in [-0.39, 0.29) is 206 Å². The molecule has 0 aliphatic carbocycles. The van der Waals surface area contributed by atoms with Gasteiger partial charge in [0.05, 0.1) is 35.4 Å². The second-order valence-electron chi connectivity index (χ2n) is 16.2. The van der Waals surface area contributed by atoms with E-state index in [1.165, 1.54) is 24.3 Å². The maximum Gasteiger partial charge on any atom is 1.00 e. The van der Waals surface area contributed by atoms with Crippen LogP contribution >= 0.6 is 0 Å². The number of carbonyl (C=O) groups is 3. The molecule has 0 radical (unpaired) electrons. The molecule has 348 valence electrons. The van der Waals surface area contributed by atoms with Gasteiger partial charge in [0, 0.05) is 90.6 Å². The maximum absolute atomic E-state index is 12.7. The topological polar surface area (TPSA) is 302 Å². The van der Waals surface area contributed by atoms with Crippen LogP contribution in [0, 0.1) is 0 Å². The van der Waals surface area contributed by atoms with Gasteiger partial charge in [0.2, 0.25) is 11.6 Å². The zero-order valence-corrected chi connectivity index (χ0v) is 50.7. The summed E-state index contributed by atoms with van der Waals surface area (Å²) in [6.07, 6.45) is 11.5. The Morgan fingerprint density at radius 2 is 1.27 bits per heavy atom. The smallest absolute Gasteiger partial charge is 0.748 e. The molecule has 3 amide bonds. The maximum atomic E-state index is 12.7. The number of imide groups is 1. The summed E-state index contributed by atoms with van der Waals surface area (Å²) in [5.41, 5.74) is 1.03. The predicted molar refractivity (Wildman–Crippen MR) is 228 cm³/mol. The number of rotatable bonds is 21. The van der Waals surface area contributed by atoms with Crippen LogP contribution in [0.5, 0.6) is 0 Å². The number of anilines is 1. The van der Waals surface area contributed by atoms with Crippen molar-refractivity contribution in [1.82, 2.24) is 10.2 Å². The summed E-state index contributed by atoms with van der Waals surface area (Å²) >= 11 is 0. The molecule has 0 fully saturated rings. The minimum atomic E-state index is -4.92. The Morgan fingerprint density at radius 1 is 0.701 bits per heavy atom. The van der Waals surface area contributed by atoms with Gasteiger partial charge in [0.1, 0.15) is 26.8 Å². The number of fused-ring (bicyclic) bond motifs is 2. The number of hydrogen-bond acceptors (Lipinski definition) is 16. The first-order valence-corrected chi connectivity index (χ1v) is 26.0. The first kappa shape index (κ1) is 63.1. The second kappa shape index (κ2) is 25.8. The number of unbranched alkanes of at least 4 members (excludes halogenated alkanes) is 1. The molecule has 3 aliphatic rings. The van der Waals surface area contributed by atoms with Crippen LogP contribution in [0.1, 0.15) is 70.4 Å². The van der Waals surface area contributed by atoms with Crippen molar-refractivity contribution in [3.05, 3.63) is 95.8 Å². The Hall–Kier alpha value is 0.0291. The Kier molecular flexibility index (Phi) is 24.3. The largest absolute Gasteiger partial charge is 1.00 e. The van der Waals surface area contributed by atoms with Crippen LogP contribution < -0.4 is 164 Å². The van der Waals surface area contributed by atoms with Gasteiger partial charge in [-0.1, -0.05) is 24.6 Å². The van der Waals surface area contributed by atoms with E-state index >= 15 is 0 Å². The second-order valence-corrected chi connectivity index (χ2v) is 22.0. The first-order chi connectivity index (χ1) is 29.6. The van der Waals surface area contributed by atoms with E-state index in [0.29, 0.717) is 53.2 Å². The summed E-state index contributed by atoms with van der Waals surface area (Å²) < 4.78 is 143. The average molecular weight is 1080 g/mol. The van der Waals surface area contributed by atoms with Crippen molar-refractivity contribution in [2.24, 2.45) is 0 Å². The normalized spacial score (nSPS) is 18.6. The van der Waals surface area contributed by atoms with Crippen molar-refractivity contribution in [3.8, 4) is 0 Å². The van der Waals surface area contributed by atoms with Gasteiger partial charge in [-0.3, -0.25) is 19.3 Å². The summed E-state index contributed by atoms with van der Waals surface area (Å²) in [5, 5.41) is 2.67. The minimum absolute atomic E-state index is 0. The van der Waals surface area contributed by atoms with Gasteiger partial charge in [0.15, 0.2) is 5.71 Å². The third kappa shape index (κ3) is 16.8. The number of nitrogens with one attached hydrogen (secondary N) is 1. The minimum Gasteiger partial charge on any atom is -0.748 e. The molecule has 5 rings (SSSR count). The molecule has 0 spiro atoms. The average Bonchev–Trinajstić information content (AvgIpc) is 3.70. The van der Waals surface area contributed by atoms with Crippen LogP contribution in [0.4, 0.5) is 11.4 Å². The monoisotopic (exact) mass is 1080 g/mol. The van der Waals surface area contributed by atoms with Gasteiger partial charge >= 0.3 is 154 Å². The van der Waals surface area contributed by atoms with Crippen LogP contribution in [-0.4, -0.2) is 122 Å². The van der Waals surface area contributed by atoms with Gasteiger partial charge in [-0.25, -0.2) is 33.7 Å². The molecule has 1 unspecified atom stereocenters. The molecule has 1 N–H and O–H groups in total. The van der Waals surface area contributed by atoms with Gasteiger partial charge in [0.25, 0.3) is 11.8 Å². The number of hydrogen-bond donors (Lipinski definition) is 1. The molecule has 0 saturated heterocycles. The molecule has 0 bridgehead atoms. The Bertz CT molecular complexity index is 2830. The van der Waals surface area contributed by atoms with Gasteiger partial charge < -0.3 is 28.4 Å². The summed E-state index contributed by atoms with van der Waals surface area (Å²) in [6.45, 7) is 5.45. The molecule has 19 nitrogen and oxygen atoms in total. The molecule has 2 aromatic carbocycles. The van der Waals surface area contributed by atoms with Crippen LogP contribution in [0.15, 0.2) is 94.4 Å². The zero-order chi connectivity index (χ0) is 47.5. The number of nitrogens with zero attached hydrogens (tertiary/aromatic N) is 3. The summed E-state index contributed by atoms with van der Waals surface area (Å²) in [7, 11) is -18.9. The van der Waals surface area contributed by atoms with Crippen molar-refractivity contribution in [1.29, 1.82) is 0 Å². The van der Waals surface area contributed by atoms with E-state index in [0.717, 1.165) is 29.2 Å². The van der Waals surface area contributed by atoms with Crippen molar-refractivity contribution >= 4 is 75.3 Å². The quantitative estimate of drug-likeness (QED) is 0.0303. The number of benzene rings is 2. The fourth-order valence-corrected chi connectivity index (χ4v) is 10.2. The van der Waals surface area contributed by atoms with Gasteiger partial charge in [-0.2, -0.15) is 4.58 Å². The molecule has 67 heavy (non-hydrogen) atoms. The summed E-state index contributed by atoms with van der Waals surface area (Å²) in [4.78, 5) is 38.1. The molecular weight excluding hydrogens is 1030 g/mol. The Labute approximate surface area is 519 Å². The van der Waals surface area contributed by atoms with E-state index in [4.69, 9.17) is 0 Å². The van der Waals surface area contributed by atoms with E-state index in [1.54, 1.807) is 60.6 Å². The zero-order valence-electron chi connectivity index (χ0n) is 38.1. The molecule has 2 aromatic rings. The number of allylic oxidation sites excluding steroid dienone is 6. The van der Waals surface area contributed by atoms with E-state index in [1.807, 2.05) is 0 Å². The molecule has 3 heterocycles. The van der Waals surface area contributed by atoms with Crippen LogP contribution in [-0.2, 0) is 65.7 Å². The fourth-order valence-electron chi connectivity index (χ4n) is 8.21.